The third-order valence-corrected chi connectivity index (χ3v) is 2.04. The zero-order valence-electron chi connectivity index (χ0n) is 9.07. The van der Waals surface area contributed by atoms with Gasteiger partial charge in [0.1, 0.15) is 0 Å². The van der Waals surface area contributed by atoms with Crippen molar-refractivity contribution in [3.05, 3.63) is 35.5 Å². The molecule has 0 aliphatic carbocycles. The van der Waals surface area contributed by atoms with Crippen molar-refractivity contribution in [3.63, 3.8) is 0 Å². The summed E-state index contributed by atoms with van der Waals surface area (Å²) in [5.74, 6) is -3.83. The maximum Gasteiger partial charge on any atom is 0.174 e. The second-order valence-corrected chi connectivity index (χ2v) is 3.09. The maximum atomic E-state index is 13.7. The van der Waals surface area contributed by atoms with Crippen molar-refractivity contribution >= 4 is 0 Å². The number of methoxy groups -OCH3 is 1. The van der Waals surface area contributed by atoms with Crippen LogP contribution in [0, 0.1) is 24.4 Å². The average molecular weight is 233 g/mol. The van der Waals surface area contributed by atoms with Gasteiger partial charge in [-0.15, -0.1) is 0 Å². The quantitative estimate of drug-likeness (QED) is 0.744. The fourth-order valence-corrected chi connectivity index (χ4v) is 1.30. The molecule has 1 rings (SSSR count). The summed E-state index contributed by atoms with van der Waals surface area (Å²) in [6, 6.07) is 0. The molecule has 1 aromatic rings. The summed E-state index contributed by atoms with van der Waals surface area (Å²) < 4.78 is 49.9. The lowest BCUT2D eigenvalue weighted by atomic mass is 10.1. The highest BCUT2D eigenvalue weighted by molar-refractivity contribution is 5.43. The minimum atomic E-state index is -1.28. The first kappa shape index (κ1) is 12.8. The molecule has 0 bridgehead atoms. The highest BCUT2D eigenvalue weighted by Gasteiger charge is 2.23. The van der Waals surface area contributed by atoms with Gasteiger partial charge in [-0.1, -0.05) is 0 Å². The summed E-state index contributed by atoms with van der Waals surface area (Å²) in [4.78, 5) is 0. The molecule has 0 aliphatic heterocycles. The zero-order chi connectivity index (χ0) is 12.3. The summed E-state index contributed by atoms with van der Waals surface area (Å²) in [5, 5.41) is 0. The largest absolute Gasteiger partial charge is 0.490 e. The number of rotatable bonds is 4. The summed E-state index contributed by atoms with van der Waals surface area (Å²) in [5.41, 5.74) is -0.910. The van der Waals surface area contributed by atoms with E-state index in [-0.39, 0.29) is 19.0 Å². The molecule has 0 aliphatic rings. The van der Waals surface area contributed by atoms with E-state index >= 15 is 0 Å². The van der Waals surface area contributed by atoms with E-state index in [4.69, 9.17) is 4.74 Å². The lowest BCUT2D eigenvalue weighted by Crippen LogP contribution is -2.08. The topological polar surface area (TPSA) is 18.5 Å². The van der Waals surface area contributed by atoms with Crippen LogP contribution in [0.1, 0.15) is 18.1 Å². The van der Waals surface area contributed by atoms with Crippen molar-refractivity contribution in [1.29, 1.82) is 0 Å². The van der Waals surface area contributed by atoms with Crippen LogP contribution in [0.4, 0.5) is 13.2 Å². The van der Waals surface area contributed by atoms with Crippen LogP contribution in [0.5, 0.6) is 5.75 Å². The zero-order valence-corrected chi connectivity index (χ0v) is 9.07. The summed E-state index contributed by atoms with van der Waals surface area (Å²) in [6.45, 7) is 4.62. The lowest BCUT2D eigenvalue weighted by Gasteiger charge is -2.13. The van der Waals surface area contributed by atoms with Gasteiger partial charge >= 0.3 is 0 Å². The molecule has 1 aromatic carbocycles. The predicted octanol–water partition coefficient (Wildman–Crippen LogP) is 2.83. The smallest absolute Gasteiger partial charge is 0.174 e. The molecular formula is C11H12F3O2. The van der Waals surface area contributed by atoms with Gasteiger partial charge in [0, 0.05) is 12.7 Å². The van der Waals surface area contributed by atoms with Crippen LogP contribution in [0.2, 0.25) is 0 Å². The Bertz CT molecular complexity index is 358. The van der Waals surface area contributed by atoms with Gasteiger partial charge in [-0.25, -0.2) is 13.2 Å². The van der Waals surface area contributed by atoms with Gasteiger partial charge < -0.3 is 9.47 Å². The first-order valence-electron chi connectivity index (χ1n) is 4.67. The Balaban J connectivity index is 3.39. The van der Waals surface area contributed by atoms with Crippen LogP contribution in [-0.2, 0) is 11.3 Å². The van der Waals surface area contributed by atoms with Crippen LogP contribution in [0.3, 0.4) is 0 Å². The van der Waals surface area contributed by atoms with E-state index in [1.807, 2.05) is 0 Å². The van der Waals surface area contributed by atoms with E-state index in [2.05, 4.69) is 11.7 Å². The Morgan fingerprint density at radius 3 is 2.25 bits per heavy atom. The molecule has 0 unspecified atom stereocenters. The van der Waals surface area contributed by atoms with Crippen LogP contribution < -0.4 is 4.74 Å². The van der Waals surface area contributed by atoms with E-state index in [0.717, 1.165) is 0 Å². The van der Waals surface area contributed by atoms with Crippen molar-refractivity contribution in [3.8, 4) is 5.75 Å². The standard InChI is InChI=1S/C11H12F3O2/c1-4-16-11-6(2)8(12)9(13)7(5-15-3)10(11)14/h2,4-5H2,1,3H3. The van der Waals surface area contributed by atoms with Crippen LogP contribution >= 0.6 is 0 Å². The summed E-state index contributed by atoms with van der Waals surface area (Å²) in [6.07, 6.45) is 0. The van der Waals surface area contributed by atoms with E-state index in [0.29, 0.717) is 0 Å². The Morgan fingerprint density at radius 1 is 1.12 bits per heavy atom. The second-order valence-electron chi connectivity index (χ2n) is 3.09. The minimum absolute atomic E-state index is 0.136. The van der Waals surface area contributed by atoms with E-state index in [1.54, 1.807) is 6.92 Å². The number of halogens is 3. The molecule has 0 spiro atoms. The molecule has 16 heavy (non-hydrogen) atoms. The highest BCUT2D eigenvalue weighted by atomic mass is 19.2. The van der Waals surface area contributed by atoms with Crippen LogP contribution in [-0.4, -0.2) is 13.7 Å². The first-order chi connectivity index (χ1) is 7.54. The van der Waals surface area contributed by atoms with Crippen molar-refractivity contribution < 1.29 is 22.6 Å². The Labute approximate surface area is 92.0 Å². The van der Waals surface area contributed by atoms with Crippen LogP contribution in [0.15, 0.2) is 0 Å². The van der Waals surface area contributed by atoms with Gasteiger partial charge in [0.05, 0.1) is 18.8 Å². The molecule has 0 saturated heterocycles. The second kappa shape index (κ2) is 5.21. The maximum absolute atomic E-state index is 13.7. The molecule has 0 atom stereocenters. The molecule has 89 valence electrons. The molecule has 0 N–H and O–H groups in total. The summed E-state index contributed by atoms with van der Waals surface area (Å²) in [7, 11) is 1.26. The van der Waals surface area contributed by atoms with Gasteiger partial charge in [-0.2, -0.15) is 0 Å². The normalized spacial score (nSPS) is 10.6. The number of hydrogen-bond donors (Lipinski definition) is 0. The highest BCUT2D eigenvalue weighted by Crippen LogP contribution is 2.31. The molecule has 0 amide bonds. The van der Waals surface area contributed by atoms with Gasteiger partial charge in [-0.05, 0) is 13.8 Å². The molecule has 5 heteroatoms. The first-order valence-corrected chi connectivity index (χ1v) is 4.67. The van der Waals surface area contributed by atoms with Crippen molar-refractivity contribution in [2.24, 2.45) is 0 Å². The average Bonchev–Trinajstić information content (AvgIpc) is 2.28. The molecule has 0 fully saturated rings. The van der Waals surface area contributed by atoms with E-state index in [9.17, 15) is 13.2 Å². The summed E-state index contributed by atoms with van der Waals surface area (Å²) >= 11 is 0. The monoisotopic (exact) mass is 233 g/mol. The Kier molecular flexibility index (Phi) is 4.18. The van der Waals surface area contributed by atoms with Crippen molar-refractivity contribution in [1.82, 2.24) is 0 Å². The van der Waals surface area contributed by atoms with Crippen molar-refractivity contribution in [2.45, 2.75) is 13.5 Å². The predicted molar refractivity (Wildman–Crippen MR) is 52.7 cm³/mol. The molecule has 1 radical (unpaired) electrons. The molecular weight excluding hydrogens is 221 g/mol. The van der Waals surface area contributed by atoms with Crippen LogP contribution in [0.25, 0.3) is 0 Å². The van der Waals surface area contributed by atoms with E-state index < -0.39 is 28.6 Å². The van der Waals surface area contributed by atoms with E-state index in [1.165, 1.54) is 7.11 Å². The number of ether oxygens (including phenoxy) is 2. The lowest BCUT2D eigenvalue weighted by molar-refractivity contribution is 0.174. The molecule has 0 heterocycles. The fourth-order valence-electron chi connectivity index (χ4n) is 1.30. The minimum Gasteiger partial charge on any atom is -0.490 e. The molecule has 2 nitrogen and oxygen atoms in total. The molecule has 0 saturated carbocycles. The number of benzene rings is 1. The molecule has 0 aromatic heterocycles. The van der Waals surface area contributed by atoms with Gasteiger partial charge in [-0.3, -0.25) is 0 Å². The Morgan fingerprint density at radius 2 is 1.75 bits per heavy atom. The van der Waals surface area contributed by atoms with Gasteiger partial charge in [0.2, 0.25) is 0 Å². The number of hydrogen-bond acceptors (Lipinski definition) is 2. The van der Waals surface area contributed by atoms with Gasteiger partial charge in [0.25, 0.3) is 0 Å². The fraction of sp³-hybridized carbons (Fsp3) is 0.364. The Hall–Kier alpha value is -1.23. The third-order valence-electron chi connectivity index (χ3n) is 2.04. The van der Waals surface area contributed by atoms with Crippen molar-refractivity contribution in [2.75, 3.05) is 13.7 Å². The van der Waals surface area contributed by atoms with Gasteiger partial charge in [0.15, 0.2) is 23.2 Å². The third kappa shape index (κ3) is 2.14. The SMILES string of the molecule is [CH2]c1c(F)c(F)c(COC)c(F)c1OCC.